The molecule has 0 saturated carbocycles. The number of carbonyl (C=O) groups is 1. The molecule has 1 rings (SSSR count). The van der Waals surface area contributed by atoms with E-state index in [9.17, 15) is 28.1 Å². The van der Waals surface area contributed by atoms with Crippen LogP contribution in [0.3, 0.4) is 0 Å². The van der Waals surface area contributed by atoms with Crippen LogP contribution in [0.25, 0.3) is 0 Å². The molecule has 0 radical (unpaired) electrons. The Morgan fingerprint density at radius 3 is 2.60 bits per heavy atom. The molecule has 0 unspecified atom stereocenters. The summed E-state index contributed by atoms with van der Waals surface area (Å²) < 4.78 is 44.8. The number of carbonyl (C=O) groups excluding carboxylic acids is 1. The highest BCUT2D eigenvalue weighted by atomic mass is 127. The molecular formula is C9H6F3IN2O5. The molecule has 0 aromatic carbocycles. The molecule has 0 aliphatic carbocycles. The minimum absolute atomic E-state index is 0.137. The van der Waals surface area contributed by atoms with E-state index in [1.807, 2.05) is 0 Å². The fourth-order valence-electron chi connectivity index (χ4n) is 1.21. The summed E-state index contributed by atoms with van der Waals surface area (Å²) in [6, 6.07) is 0.757. The second kappa shape index (κ2) is 6.19. The molecule has 0 aliphatic heterocycles. The van der Waals surface area contributed by atoms with Crippen LogP contribution in [-0.4, -0.2) is 28.8 Å². The number of hydrogen-bond donors (Lipinski definition) is 0. The number of nitrogens with zero attached hydrogens (tertiary/aromatic N) is 2. The number of alkyl halides is 3. The van der Waals surface area contributed by atoms with Gasteiger partial charge in [0.1, 0.15) is 0 Å². The first-order valence-electron chi connectivity index (χ1n) is 4.93. The van der Waals surface area contributed by atoms with Gasteiger partial charge in [-0.15, -0.1) is 13.2 Å². The van der Waals surface area contributed by atoms with Crippen molar-refractivity contribution >= 4 is 34.4 Å². The Morgan fingerprint density at radius 1 is 1.55 bits per heavy atom. The number of ether oxygens (including phenoxy) is 2. The monoisotopic (exact) mass is 406 g/mol. The summed E-state index contributed by atoms with van der Waals surface area (Å²) in [5, 5.41) is 10.8. The van der Waals surface area contributed by atoms with Crippen LogP contribution < -0.4 is 4.74 Å². The van der Waals surface area contributed by atoms with Crippen molar-refractivity contribution in [2.24, 2.45) is 0 Å². The smallest absolute Gasteiger partial charge is 0.462 e. The van der Waals surface area contributed by atoms with E-state index in [1.165, 1.54) is 29.5 Å². The molecule has 1 heterocycles. The van der Waals surface area contributed by atoms with Gasteiger partial charge in [-0.25, -0.2) is 4.79 Å². The van der Waals surface area contributed by atoms with Crippen molar-refractivity contribution < 1.29 is 32.4 Å². The molecule has 20 heavy (non-hydrogen) atoms. The van der Waals surface area contributed by atoms with Crippen molar-refractivity contribution in [3.63, 3.8) is 0 Å². The van der Waals surface area contributed by atoms with E-state index in [-0.39, 0.29) is 10.3 Å². The second-order valence-electron chi connectivity index (χ2n) is 3.17. The molecule has 0 N–H and O–H groups in total. The number of esters is 1. The summed E-state index contributed by atoms with van der Waals surface area (Å²) in [5.41, 5.74) is -0.977. The first-order valence-corrected chi connectivity index (χ1v) is 6.01. The molecule has 1 aromatic heterocycles. The van der Waals surface area contributed by atoms with Gasteiger partial charge in [-0.1, -0.05) is 0 Å². The third-order valence-electron chi connectivity index (χ3n) is 1.81. The Balaban J connectivity index is 3.47. The molecule has 1 aromatic rings. The molecule has 110 valence electrons. The first-order chi connectivity index (χ1) is 9.15. The predicted molar refractivity (Wildman–Crippen MR) is 66.2 cm³/mol. The van der Waals surface area contributed by atoms with Crippen LogP contribution in [0, 0.1) is 13.8 Å². The Bertz CT molecular complexity index is 549. The Morgan fingerprint density at radius 2 is 2.15 bits per heavy atom. The molecule has 0 fully saturated rings. The third kappa shape index (κ3) is 4.18. The third-order valence-corrected chi connectivity index (χ3v) is 2.36. The molecule has 7 nitrogen and oxygen atoms in total. The molecule has 0 spiro atoms. The van der Waals surface area contributed by atoms with E-state index in [0.717, 1.165) is 6.07 Å². The number of nitro groups is 1. The zero-order valence-corrected chi connectivity index (χ0v) is 11.9. The Labute approximate surface area is 123 Å². The van der Waals surface area contributed by atoms with Gasteiger partial charge in [-0.05, 0) is 16.8 Å². The summed E-state index contributed by atoms with van der Waals surface area (Å²) in [5.74, 6) is -3.40. The summed E-state index contributed by atoms with van der Waals surface area (Å²) in [4.78, 5) is 24.7. The van der Waals surface area contributed by atoms with Gasteiger partial charge in [-0.2, -0.15) is 0 Å². The molecule has 11 heteroatoms. The maximum atomic E-state index is 12.3. The fraction of sp³-hybridized carbons (Fsp3) is 0.333. The van der Waals surface area contributed by atoms with Crippen LogP contribution >= 0.6 is 22.6 Å². The van der Waals surface area contributed by atoms with Gasteiger partial charge in [0, 0.05) is 28.7 Å². The molecule has 0 amide bonds. The zero-order valence-electron chi connectivity index (χ0n) is 9.73. The van der Waals surface area contributed by atoms with Gasteiger partial charge in [0.2, 0.25) is 3.70 Å². The highest BCUT2D eigenvalue weighted by molar-refractivity contribution is 14.1. The quantitative estimate of drug-likeness (QED) is 0.251. The number of pyridine rings is 1. The lowest BCUT2D eigenvalue weighted by Gasteiger charge is -2.12. The minimum Gasteiger partial charge on any atom is -0.462 e. The topological polar surface area (TPSA) is 91.6 Å². The van der Waals surface area contributed by atoms with Gasteiger partial charge in [0.15, 0.2) is 11.3 Å². The largest absolute Gasteiger partial charge is 0.573 e. The van der Waals surface area contributed by atoms with E-state index in [0.29, 0.717) is 0 Å². The Hall–Kier alpha value is -1.66. The first kappa shape index (κ1) is 16.4. The fourth-order valence-corrected chi connectivity index (χ4v) is 1.72. The van der Waals surface area contributed by atoms with Crippen LogP contribution in [0.4, 0.5) is 19.0 Å². The Kier molecular flexibility index (Phi) is 5.08. The van der Waals surface area contributed by atoms with Crippen molar-refractivity contribution in [1.29, 1.82) is 0 Å². The number of halogens is 4. The second-order valence-corrected chi connectivity index (χ2v) is 4.27. The van der Waals surface area contributed by atoms with Crippen LogP contribution in [0.2, 0.25) is 0 Å². The zero-order chi connectivity index (χ0) is 15.5. The summed E-state index contributed by atoms with van der Waals surface area (Å²) in [6.45, 7) is 1.22. The summed E-state index contributed by atoms with van der Waals surface area (Å²) >= 11 is 1.46. The lowest BCUT2D eigenvalue weighted by atomic mass is 10.2. The predicted octanol–water partition coefficient (Wildman–Crippen LogP) is 2.67. The van der Waals surface area contributed by atoms with Crippen LogP contribution in [0.1, 0.15) is 17.3 Å². The van der Waals surface area contributed by atoms with Gasteiger partial charge in [-0.3, -0.25) is 0 Å². The average Bonchev–Trinajstić information content (AvgIpc) is 2.25. The van der Waals surface area contributed by atoms with Crippen LogP contribution in [-0.2, 0) is 4.74 Å². The lowest BCUT2D eigenvalue weighted by molar-refractivity contribution is -0.390. The van der Waals surface area contributed by atoms with E-state index in [1.54, 1.807) is 0 Å². The number of rotatable bonds is 4. The van der Waals surface area contributed by atoms with Crippen LogP contribution in [0.5, 0.6) is 5.75 Å². The van der Waals surface area contributed by atoms with Crippen molar-refractivity contribution in [2.75, 3.05) is 6.61 Å². The summed E-state index contributed by atoms with van der Waals surface area (Å²) in [6.07, 6.45) is -5.11. The molecule has 0 aliphatic rings. The standard InChI is InChI=1S/C9H6F3IN2O5/c1-2-19-8(16)6-4(20-9(10,11)12)3-5(13)14-7(6)15(17)18/h3H,2H2,1H3. The average molecular weight is 406 g/mol. The van der Waals surface area contributed by atoms with Gasteiger partial charge >= 0.3 is 18.1 Å². The normalized spacial score (nSPS) is 11.1. The molecule has 0 bridgehead atoms. The maximum absolute atomic E-state index is 12.3. The van der Waals surface area contributed by atoms with Gasteiger partial charge in [0.05, 0.1) is 6.61 Å². The van der Waals surface area contributed by atoms with Gasteiger partial charge < -0.3 is 19.6 Å². The SMILES string of the molecule is CCOC(=O)c1c(OC(F)(F)F)cc(I)nc1[N+](=O)[O-]. The van der Waals surface area contributed by atoms with Gasteiger partial charge in [0.25, 0.3) is 0 Å². The van der Waals surface area contributed by atoms with Crippen molar-refractivity contribution in [1.82, 2.24) is 4.98 Å². The summed E-state index contributed by atoms with van der Waals surface area (Å²) in [7, 11) is 0. The van der Waals surface area contributed by atoms with Crippen molar-refractivity contribution in [3.05, 3.63) is 25.4 Å². The number of hydrogen-bond acceptors (Lipinski definition) is 6. The van der Waals surface area contributed by atoms with E-state index in [2.05, 4.69) is 14.5 Å². The number of aromatic nitrogens is 1. The van der Waals surface area contributed by atoms with E-state index >= 15 is 0 Å². The van der Waals surface area contributed by atoms with Crippen molar-refractivity contribution in [2.45, 2.75) is 13.3 Å². The highest BCUT2D eigenvalue weighted by Gasteiger charge is 2.37. The lowest BCUT2D eigenvalue weighted by Crippen LogP contribution is -2.21. The van der Waals surface area contributed by atoms with Crippen LogP contribution in [0.15, 0.2) is 6.07 Å². The minimum atomic E-state index is -5.11. The molecule has 0 saturated heterocycles. The van der Waals surface area contributed by atoms with E-state index in [4.69, 9.17) is 0 Å². The van der Waals surface area contributed by atoms with E-state index < -0.39 is 34.4 Å². The molecule has 0 atom stereocenters. The molecular weight excluding hydrogens is 400 g/mol. The van der Waals surface area contributed by atoms with Crippen molar-refractivity contribution in [3.8, 4) is 5.75 Å². The highest BCUT2D eigenvalue weighted by Crippen LogP contribution is 2.33. The maximum Gasteiger partial charge on any atom is 0.573 e.